The lowest BCUT2D eigenvalue weighted by atomic mass is 10.0. The molecule has 0 saturated carbocycles. The Kier molecular flexibility index (Phi) is 4.65. The third-order valence-corrected chi connectivity index (χ3v) is 5.30. The predicted molar refractivity (Wildman–Crippen MR) is 77.6 cm³/mol. The minimum absolute atomic E-state index is 0.0630. The molecule has 1 aliphatic heterocycles. The molecule has 1 atom stereocenters. The van der Waals surface area contributed by atoms with Crippen LogP contribution < -0.4 is 10.1 Å². The van der Waals surface area contributed by atoms with Crippen molar-refractivity contribution in [3.63, 3.8) is 0 Å². The number of hydrogen-bond donors (Lipinski definition) is 1. The number of anilines is 1. The second kappa shape index (κ2) is 6.26. The number of carbonyl (C=O) groups is 1. The van der Waals surface area contributed by atoms with Crippen molar-refractivity contribution in [1.29, 1.82) is 0 Å². The number of carbonyl (C=O) groups excluding carboxylic acids is 1. The lowest BCUT2D eigenvalue weighted by molar-refractivity contribution is -0.117. The Morgan fingerprint density at radius 3 is 2.65 bits per heavy atom. The molecule has 1 unspecified atom stereocenters. The number of ether oxygens (including phenoxy) is 1. The van der Waals surface area contributed by atoms with Crippen LogP contribution in [0, 0.1) is 5.92 Å². The highest BCUT2D eigenvalue weighted by Crippen LogP contribution is 2.22. The van der Waals surface area contributed by atoms with Gasteiger partial charge in [0.05, 0.1) is 18.6 Å². The maximum Gasteiger partial charge on any atom is 0.224 e. The Bertz CT molecular complexity index is 565. The molecule has 20 heavy (non-hydrogen) atoms. The lowest BCUT2D eigenvalue weighted by Gasteiger charge is -2.21. The van der Waals surface area contributed by atoms with Gasteiger partial charge in [0, 0.05) is 12.1 Å². The molecule has 6 heteroatoms. The summed E-state index contributed by atoms with van der Waals surface area (Å²) in [6, 6.07) is 7.05. The van der Waals surface area contributed by atoms with E-state index in [1.165, 1.54) is 0 Å². The molecule has 110 valence electrons. The van der Waals surface area contributed by atoms with E-state index in [1.807, 2.05) is 0 Å². The van der Waals surface area contributed by atoms with Gasteiger partial charge >= 0.3 is 0 Å². The van der Waals surface area contributed by atoms with Crippen LogP contribution in [-0.4, -0.2) is 32.9 Å². The number of sulfone groups is 1. The van der Waals surface area contributed by atoms with Crippen LogP contribution in [0.2, 0.25) is 0 Å². The van der Waals surface area contributed by atoms with Gasteiger partial charge in [-0.2, -0.15) is 0 Å². The minimum Gasteiger partial charge on any atom is -0.497 e. The third-order valence-electron chi connectivity index (χ3n) is 3.41. The van der Waals surface area contributed by atoms with Crippen LogP contribution >= 0.6 is 0 Å². The zero-order chi connectivity index (χ0) is 14.6. The maximum absolute atomic E-state index is 11.9. The van der Waals surface area contributed by atoms with Crippen LogP contribution in [-0.2, 0) is 14.6 Å². The number of hydrogen-bond acceptors (Lipinski definition) is 4. The molecule has 5 nitrogen and oxygen atoms in total. The molecule has 0 spiro atoms. The van der Waals surface area contributed by atoms with Gasteiger partial charge in [0.25, 0.3) is 0 Å². The molecular formula is C14H19NO4S. The highest BCUT2D eigenvalue weighted by Gasteiger charge is 2.26. The second-order valence-corrected chi connectivity index (χ2v) is 7.33. The standard InChI is InChI=1S/C14H19NO4S/c1-19-13-6-4-12(5-7-13)15-14(16)9-11-3-2-8-20(17,18)10-11/h4-7,11H,2-3,8-10H2,1H3,(H,15,16). The monoisotopic (exact) mass is 297 g/mol. The average molecular weight is 297 g/mol. The van der Waals surface area contributed by atoms with Crippen molar-refractivity contribution in [3.8, 4) is 5.75 Å². The van der Waals surface area contributed by atoms with Crippen molar-refractivity contribution in [2.75, 3.05) is 23.9 Å². The summed E-state index contributed by atoms with van der Waals surface area (Å²) in [5, 5.41) is 2.78. The van der Waals surface area contributed by atoms with Gasteiger partial charge in [-0.05, 0) is 43.0 Å². The van der Waals surface area contributed by atoms with E-state index in [1.54, 1.807) is 31.4 Å². The van der Waals surface area contributed by atoms with Crippen LogP contribution in [0.1, 0.15) is 19.3 Å². The molecule has 0 radical (unpaired) electrons. The van der Waals surface area contributed by atoms with E-state index < -0.39 is 9.84 Å². The molecular weight excluding hydrogens is 278 g/mol. The van der Waals surface area contributed by atoms with Gasteiger partial charge in [0.2, 0.25) is 5.91 Å². The van der Waals surface area contributed by atoms with Gasteiger partial charge in [0.1, 0.15) is 5.75 Å². The number of amides is 1. The zero-order valence-corrected chi connectivity index (χ0v) is 12.3. The van der Waals surface area contributed by atoms with E-state index in [2.05, 4.69) is 5.32 Å². The van der Waals surface area contributed by atoms with Crippen molar-refractivity contribution in [2.45, 2.75) is 19.3 Å². The highest BCUT2D eigenvalue weighted by molar-refractivity contribution is 7.91. The molecule has 0 aromatic heterocycles. The number of rotatable bonds is 4. The average Bonchev–Trinajstić information content (AvgIpc) is 2.38. The summed E-state index contributed by atoms with van der Waals surface area (Å²) in [7, 11) is -1.38. The Labute approximate surface area is 119 Å². The fraction of sp³-hybridized carbons (Fsp3) is 0.500. The van der Waals surface area contributed by atoms with E-state index in [4.69, 9.17) is 4.74 Å². The summed E-state index contributed by atoms with van der Waals surface area (Å²) in [6.07, 6.45) is 1.71. The first kappa shape index (κ1) is 14.8. The predicted octanol–water partition coefficient (Wildman–Crippen LogP) is 1.85. The van der Waals surface area contributed by atoms with Crippen LogP contribution in [0.4, 0.5) is 5.69 Å². The van der Waals surface area contributed by atoms with Crippen LogP contribution in [0.25, 0.3) is 0 Å². The van der Waals surface area contributed by atoms with Gasteiger partial charge in [0.15, 0.2) is 9.84 Å². The summed E-state index contributed by atoms with van der Waals surface area (Å²) in [5.41, 5.74) is 0.689. The maximum atomic E-state index is 11.9. The van der Waals surface area contributed by atoms with Crippen LogP contribution in [0.15, 0.2) is 24.3 Å². The summed E-state index contributed by atoms with van der Waals surface area (Å²) in [4.78, 5) is 11.9. The van der Waals surface area contributed by atoms with E-state index >= 15 is 0 Å². The molecule has 1 aromatic rings. The van der Waals surface area contributed by atoms with Crippen molar-refractivity contribution in [2.24, 2.45) is 5.92 Å². The van der Waals surface area contributed by atoms with Gasteiger partial charge in [-0.25, -0.2) is 8.42 Å². The third kappa shape index (κ3) is 4.23. The molecule has 1 heterocycles. The quantitative estimate of drug-likeness (QED) is 0.920. The molecule has 2 rings (SSSR count). The molecule has 1 amide bonds. The highest BCUT2D eigenvalue weighted by atomic mass is 32.2. The molecule has 0 bridgehead atoms. The van der Waals surface area contributed by atoms with Crippen LogP contribution in [0.3, 0.4) is 0 Å². The lowest BCUT2D eigenvalue weighted by Crippen LogP contribution is -2.28. The second-order valence-electron chi connectivity index (χ2n) is 5.10. The summed E-state index contributed by atoms with van der Waals surface area (Å²) in [6.45, 7) is 0. The number of methoxy groups -OCH3 is 1. The number of benzene rings is 1. The fourth-order valence-electron chi connectivity index (χ4n) is 2.43. The van der Waals surface area contributed by atoms with Crippen molar-refractivity contribution in [3.05, 3.63) is 24.3 Å². The van der Waals surface area contributed by atoms with E-state index in [0.29, 0.717) is 12.1 Å². The molecule has 1 N–H and O–H groups in total. The molecule has 1 fully saturated rings. The Morgan fingerprint density at radius 2 is 2.05 bits per heavy atom. The Balaban J connectivity index is 1.88. The van der Waals surface area contributed by atoms with E-state index in [-0.39, 0.29) is 29.8 Å². The summed E-state index contributed by atoms with van der Waals surface area (Å²) >= 11 is 0. The first-order valence-corrected chi connectivity index (χ1v) is 8.45. The minimum atomic E-state index is -2.96. The van der Waals surface area contributed by atoms with Crippen molar-refractivity contribution >= 4 is 21.4 Å². The normalized spacial score (nSPS) is 21.1. The Hall–Kier alpha value is -1.56. The topological polar surface area (TPSA) is 72.5 Å². The molecule has 1 aliphatic rings. The smallest absolute Gasteiger partial charge is 0.224 e. The molecule has 1 saturated heterocycles. The summed E-state index contributed by atoms with van der Waals surface area (Å²) < 4.78 is 28.1. The van der Waals surface area contributed by atoms with Gasteiger partial charge < -0.3 is 10.1 Å². The van der Waals surface area contributed by atoms with Gasteiger partial charge in [-0.15, -0.1) is 0 Å². The van der Waals surface area contributed by atoms with E-state index in [0.717, 1.165) is 12.2 Å². The summed E-state index contributed by atoms with van der Waals surface area (Å²) in [5.74, 6) is 0.901. The molecule has 1 aromatic carbocycles. The zero-order valence-electron chi connectivity index (χ0n) is 11.5. The first-order chi connectivity index (χ1) is 9.48. The number of nitrogens with one attached hydrogen (secondary N) is 1. The fourth-order valence-corrected chi connectivity index (χ4v) is 4.20. The molecule has 0 aliphatic carbocycles. The van der Waals surface area contributed by atoms with Crippen molar-refractivity contribution in [1.82, 2.24) is 0 Å². The Morgan fingerprint density at radius 1 is 1.35 bits per heavy atom. The first-order valence-electron chi connectivity index (χ1n) is 6.63. The van der Waals surface area contributed by atoms with Gasteiger partial charge in [-0.3, -0.25) is 4.79 Å². The largest absolute Gasteiger partial charge is 0.497 e. The SMILES string of the molecule is COc1ccc(NC(=O)CC2CCCS(=O)(=O)C2)cc1. The van der Waals surface area contributed by atoms with Crippen molar-refractivity contribution < 1.29 is 17.9 Å². The van der Waals surface area contributed by atoms with Crippen LogP contribution in [0.5, 0.6) is 5.75 Å². The van der Waals surface area contributed by atoms with Gasteiger partial charge in [-0.1, -0.05) is 0 Å². The van der Waals surface area contributed by atoms with E-state index in [9.17, 15) is 13.2 Å².